The minimum atomic E-state index is -0.579. The molecule has 3 atom stereocenters. The van der Waals surface area contributed by atoms with Gasteiger partial charge in [-0.05, 0) is 24.3 Å². The van der Waals surface area contributed by atoms with E-state index in [4.69, 9.17) is 4.42 Å². The van der Waals surface area contributed by atoms with Crippen molar-refractivity contribution in [3.8, 4) is 0 Å². The Morgan fingerprint density at radius 1 is 1.42 bits per heavy atom. The normalized spacial score (nSPS) is 26.5. The molecule has 4 rings (SSSR count). The first-order chi connectivity index (χ1) is 12.5. The van der Waals surface area contributed by atoms with Crippen molar-refractivity contribution in [3.63, 3.8) is 0 Å². The minimum Gasteiger partial charge on any atom is -0.392 e. The van der Waals surface area contributed by atoms with Gasteiger partial charge < -0.3 is 14.2 Å². The molecule has 0 spiro atoms. The lowest BCUT2D eigenvalue weighted by atomic mass is 9.93. The Hall–Kier alpha value is -2.42. The van der Waals surface area contributed by atoms with Crippen LogP contribution in [-0.2, 0) is 9.59 Å². The van der Waals surface area contributed by atoms with Crippen LogP contribution in [-0.4, -0.2) is 51.9 Å². The number of H-pyrrole nitrogens is 1. The molecule has 8 nitrogen and oxygen atoms in total. The quantitative estimate of drug-likeness (QED) is 0.872. The van der Waals surface area contributed by atoms with Gasteiger partial charge in [0.2, 0.25) is 17.7 Å². The molecule has 138 valence electrons. The van der Waals surface area contributed by atoms with E-state index in [0.29, 0.717) is 19.0 Å². The van der Waals surface area contributed by atoms with Gasteiger partial charge in [0, 0.05) is 31.4 Å². The number of carbonyl (C=O) groups is 2. The highest BCUT2D eigenvalue weighted by atomic mass is 32.1. The highest BCUT2D eigenvalue weighted by Crippen LogP contribution is 2.40. The SMILES string of the molecule is CN1C(=O)CC(C(=O)N2CCCC(c3n[nH]c(=O)o3)C2)C1c1cccs1. The Balaban J connectivity index is 1.54. The molecule has 0 aliphatic carbocycles. The summed E-state index contributed by atoms with van der Waals surface area (Å²) in [6.07, 6.45) is 1.86. The van der Waals surface area contributed by atoms with Crippen molar-refractivity contribution in [2.75, 3.05) is 20.1 Å². The average Bonchev–Trinajstić information content (AvgIpc) is 3.37. The number of carbonyl (C=O) groups excluding carboxylic acids is 2. The zero-order valence-corrected chi connectivity index (χ0v) is 15.2. The second kappa shape index (κ2) is 6.71. The van der Waals surface area contributed by atoms with Crippen LogP contribution >= 0.6 is 11.3 Å². The van der Waals surface area contributed by atoms with Gasteiger partial charge in [0.1, 0.15) is 0 Å². The first-order valence-corrected chi connectivity index (χ1v) is 9.56. The van der Waals surface area contributed by atoms with Gasteiger partial charge in [-0.3, -0.25) is 9.59 Å². The number of nitrogens with zero attached hydrogens (tertiary/aromatic N) is 3. The fourth-order valence-electron chi connectivity index (χ4n) is 3.97. The Morgan fingerprint density at radius 3 is 2.96 bits per heavy atom. The Bertz CT molecular complexity index is 858. The number of piperidine rings is 1. The van der Waals surface area contributed by atoms with Crippen molar-refractivity contribution in [1.29, 1.82) is 0 Å². The zero-order chi connectivity index (χ0) is 18.3. The molecule has 2 aliphatic rings. The summed E-state index contributed by atoms with van der Waals surface area (Å²) in [7, 11) is 1.76. The van der Waals surface area contributed by atoms with Gasteiger partial charge in [-0.15, -0.1) is 16.4 Å². The average molecular weight is 376 g/mol. The molecule has 2 aromatic heterocycles. The van der Waals surface area contributed by atoms with Crippen molar-refractivity contribution in [1.82, 2.24) is 20.0 Å². The lowest BCUT2D eigenvalue weighted by molar-refractivity contribution is -0.137. The summed E-state index contributed by atoms with van der Waals surface area (Å²) >= 11 is 1.57. The van der Waals surface area contributed by atoms with Crippen molar-refractivity contribution in [2.45, 2.75) is 31.2 Å². The first-order valence-electron chi connectivity index (χ1n) is 8.68. The van der Waals surface area contributed by atoms with Crippen LogP contribution < -0.4 is 5.76 Å². The number of amides is 2. The van der Waals surface area contributed by atoms with E-state index in [1.807, 2.05) is 17.5 Å². The molecule has 0 bridgehead atoms. The number of aromatic amines is 1. The Kier molecular flexibility index (Phi) is 4.39. The molecule has 2 saturated heterocycles. The zero-order valence-electron chi connectivity index (χ0n) is 14.4. The predicted molar refractivity (Wildman–Crippen MR) is 93.6 cm³/mol. The van der Waals surface area contributed by atoms with Crippen LogP contribution in [0.4, 0.5) is 0 Å². The molecule has 2 aliphatic heterocycles. The molecule has 2 fully saturated rings. The molecular weight excluding hydrogens is 356 g/mol. The van der Waals surface area contributed by atoms with Gasteiger partial charge in [-0.2, -0.15) is 0 Å². The molecule has 2 aromatic rings. The molecular formula is C17H20N4O4S. The third-order valence-corrected chi connectivity index (χ3v) is 6.22. The topological polar surface area (TPSA) is 99.5 Å². The van der Waals surface area contributed by atoms with E-state index in [1.54, 1.807) is 28.2 Å². The van der Waals surface area contributed by atoms with Gasteiger partial charge >= 0.3 is 5.76 Å². The maximum atomic E-state index is 13.2. The van der Waals surface area contributed by atoms with Crippen LogP contribution in [0.1, 0.15) is 42.0 Å². The number of aromatic nitrogens is 2. The van der Waals surface area contributed by atoms with E-state index in [1.165, 1.54) is 0 Å². The minimum absolute atomic E-state index is 0.00592. The standard InChI is InChI=1S/C17H20N4O4S/c1-20-13(22)8-11(14(20)12-5-3-7-26-12)16(23)21-6-2-4-10(9-21)15-18-19-17(24)25-15/h3,5,7,10-11,14H,2,4,6,8-9H2,1H3,(H,19,24). The van der Waals surface area contributed by atoms with Gasteiger partial charge in [0.05, 0.1) is 17.9 Å². The molecule has 9 heteroatoms. The van der Waals surface area contributed by atoms with Gasteiger partial charge in [0.25, 0.3) is 0 Å². The van der Waals surface area contributed by atoms with E-state index in [-0.39, 0.29) is 36.1 Å². The summed E-state index contributed by atoms with van der Waals surface area (Å²) in [6, 6.07) is 3.70. The van der Waals surface area contributed by atoms with Crippen LogP contribution in [0.2, 0.25) is 0 Å². The van der Waals surface area contributed by atoms with Crippen molar-refractivity contribution in [3.05, 3.63) is 38.8 Å². The first kappa shape index (κ1) is 17.0. The smallest absolute Gasteiger partial charge is 0.392 e. The van der Waals surface area contributed by atoms with Gasteiger partial charge in [0.15, 0.2) is 0 Å². The number of rotatable bonds is 3. The van der Waals surface area contributed by atoms with Crippen molar-refractivity contribution in [2.24, 2.45) is 5.92 Å². The molecule has 2 amide bonds. The van der Waals surface area contributed by atoms with E-state index in [0.717, 1.165) is 17.7 Å². The monoisotopic (exact) mass is 376 g/mol. The van der Waals surface area contributed by atoms with Crippen LogP contribution in [0.5, 0.6) is 0 Å². The molecule has 3 unspecified atom stereocenters. The van der Waals surface area contributed by atoms with Crippen LogP contribution in [0, 0.1) is 5.92 Å². The lowest BCUT2D eigenvalue weighted by Crippen LogP contribution is -2.43. The summed E-state index contributed by atoms with van der Waals surface area (Å²) in [5.41, 5.74) is 0. The maximum Gasteiger partial charge on any atom is 0.434 e. The number of hydrogen-bond donors (Lipinski definition) is 1. The van der Waals surface area contributed by atoms with Crippen LogP contribution in [0.15, 0.2) is 26.7 Å². The van der Waals surface area contributed by atoms with Gasteiger partial charge in [-0.1, -0.05) is 6.07 Å². The largest absolute Gasteiger partial charge is 0.434 e. The summed E-state index contributed by atoms with van der Waals surface area (Å²) in [6.45, 7) is 1.10. The molecule has 0 saturated carbocycles. The number of thiophene rings is 1. The second-order valence-electron chi connectivity index (χ2n) is 6.85. The highest BCUT2D eigenvalue weighted by molar-refractivity contribution is 7.10. The fourth-order valence-corrected chi connectivity index (χ4v) is 4.90. The Labute approximate surface area is 153 Å². The number of nitrogens with one attached hydrogen (secondary N) is 1. The summed E-state index contributed by atoms with van der Waals surface area (Å²) in [5.74, 6) is -0.721. The van der Waals surface area contributed by atoms with E-state index < -0.39 is 5.76 Å². The van der Waals surface area contributed by atoms with E-state index in [2.05, 4.69) is 10.2 Å². The Morgan fingerprint density at radius 2 is 2.27 bits per heavy atom. The molecule has 0 aromatic carbocycles. The summed E-state index contributed by atoms with van der Waals surface area (Å²) in [5, 5.41) is 8.15. The number of likely N-dealkylation sites (tertiary alicyclic amines) is 2. The van der Waals surface area contributed by atoms with Crippen LogP contribution in [0.25, 0.3) is 0 Å². The van der Waals surface area contributed by atoms with Crippen molar-refractivity contribution < 1.29 is 14.0 Å². The third kappa shape index (κ3) is 2.96. The summed E-state index contributed by atoms with van der Waals surface area (Å²) < 4.78 is 5.07. The van der Waals surface area contributed by atoms with E-state index >= 15 is 0 Å². The lowest BCUT2D eigenvalue weighted by Gasteiger charge is -2.34. The van der Waals surface area contributed by atoms with Gasteiger partial charge in [-0.25, -0.2) is 9.89 Å². The third-order valence-electron chi connectivity index (χ3n) is 5.28. The summed E-state index contributed by atoms with van der Waals surface area (Å²) in [4.78, 5) is 41.2. The van der Waals surface area contributed by atoms with E-state index in [9.17, 15) is 14.4 Å². The second-order valence-corrected chi connectivity index (χ2v) is 7.83. The van der Waals surface area contributed by atoms with Crippen LogP contribution in [0.3, 0.4) is 0 Å². The fraction of sp³-hybridized carbons (Fsp3) is 0.529. The molecule has 4 heterocycles. The molecule has 1 N–H and O–H groups in total. The predicted octanol–water partition coefficient (Wildman–Crippen LogP) is 1.35. The molecule has 0 radical (unpaired) electrons. The highest BCUT2D eigenvalue weighted by Gasteiger charge is 2.45. The maximum absolute atomic E-state index is 13.2. The molecule has 26 heavy (non-hydrogen) atoms. The number of hydrogen-bond acceptors (Lipinski definition) is 6. The van der Waals surface area contributed by atoms with Crippen molar-refractivity contribution >= 4 is 23.2 Å².